The molecule has 1 aliphatic rings. The van der Waals surface area contributed by atoms with Crippen LogP contribution in [-0.2, 0) is 14.3 Å². The Kier molecular flexibility index (Phi) is 8.09. The van der Waals surface area contributed by atoms with Crippen LogP contribution in [0.4, 0.5) is 4.79 Å². The number of carboxylic acid groups (broad SMARTS) is 1. The zero-order valence-corrected chi connectivity index (χ0v) is 19.3. The van der Waals surface area contributed by atoms with E-state index in [0.717, 1.165) is 11.1 Å². The van der Waals surface area contributed by atoms with Crippen LogP contribution in [0, 0.1) is 11.8 Å². The zero-order chi connectivity index (χ0) is 24.0. The lowest BCUT2D eigenvalue weighted by atomic mass is 9.98. The smallest absolute Gasteiger partial charge is 0.407 e. The number of hydrogen-bond donors (Lipinski definition) is 3. The number of amides is 2. The fourth-order valence-corrected chi connectivity index (χ4v) is 4.08. The summed E-state index contributed by atoms with van der Waals surface area (Å²) in [5.41, 5.74) is 4.69. The Bertz CT molecular complexity index is 960. The summed E-state index contributed by atoms with van der Waals surface area (Å²) in [5, 5.41) is 14.5. The molecule has 0 radical (unpaired) electrons. The van der Waals surface area contributed by atoms with E-state index in [9.17, 15) is 14.4 Å². The number of nitrogens with one attached hydrogen (secondary N) is 2. The van der Waals surface area contributed by atoms with Gasteiger partial charge in [-0.2, -0.15) is 0 Å². The molecule has 0 spiro atoms. The number of aliphatic carboxylic acids is 1. The second-order valence-corrected chi connectivity index (χ2v) is 8.72. The number of carbonyl (C=O) groups excluding carboxylic acids is 2. The van der Waals surface area contributed by atoms with Crippen LogP contribution in [0.2, 0.25) is 0 Å². The third kappa shape index (κ3) is 5.92. The zero-order valence-electron chi connectivity index (χ0n) is 19.3. The number of benzene rings is 2. The van der Waals surface area contributed by atoms with Gasteiger partial charge >= 0.3 is 12.1 Å². The van der Waals surface area contributed by atoms with Gasteiger partial charge in [-0.25, -0.2) is 4.79 Å². The highest BCUT2D eigenvalue weighted by Crippen LogP contribution is 2.44. The molecule has 3 atom stereocenters. The monoisotopic (exact) mass is 452 g/mol. The highest BCUT2D eigenvalue weighted by atomic mass is 16.5. The Balaban J connectivity index is 1.40. The van der Waals surface area contributed by atoms with E-state index >= 15 is 0 Å². The molecule has 3 N–H and O–H groups in total. The Morgan fingerprint density at radius 3 is 2.12 bits per heavy atom. The molecule has 2 aromatic rings. The first-order valence-electron chi connectivity index (χ1n) is 11.4. The summed E-state index contributed by atoms with van der Waals surface area (Å²) in [5.74, 6) is -2.05. The molecule has 3 unspecified atom stereocenters. The van der Waals surface area contributed by atoms with Gasteiger partial charge in [0.1, 0.15) is 6.61 Å². The molecule has 0 heterocycles. The molecule has 33 heavy (non-hydrogen) atoms. The molecule has 2 amide bonds. The summed E-state index contributed by atoms with van der Waals surface area (Å²) >= 11 is 0. The second-order valence-electron chi connectivity index (χ2n) is 8.72. The van der Waals surface area contributed by atoms with Gasteiger partial charge in [-0.3, -0.25) is 9.59 Å². The predicted molar refractivity (Wildman–Crippen MR) is 126 cm³/mol. The van der Waals surface area contributed by atoms with E-state index in [4.69, 9.17) is 9.84 Å². The molecule has 3 rings (SSSR count). The topological polar surface area (TPSA) is 105 Å². The summed E-state index contributed by atoms with van der Waals surface area (Å²) < 4.78 is 5.51. The second kappa shape index (κ2) is 11.0. The predicted octanol–water partition coefficient (Wildman–Crippen LogP) is 4.17. The lowest BCUT2D eigenvalue weighted by Crippen LogP contribution is -2.42. The lowest BCUT2D eigenvalue weighted by molar-refractivity contribution is -0.142. The van der Waals surface area contributed by atoms with Crippen molar-refractivity contribution in [2.75, 3.05) is 13.2 Å². The summed E-state index contributed by atoms with van der Waals surface area (Å²) in [6.07, 6.45) is 0.712. The molecule has 176 valence electrons. The molecular formula is C26H32N2O5. The van der Waals surface area contributed by atoms with Crippen LogP contribution in [0.25, 0.3) is 11.1 Å². The first-order valence-corrected chi connectivity index (χ1v) is 11.4. The number of hydrogen-bond acceptors (Lipinski definition) is 4. The highest BCUT2D eigenvalue weighted by molar-refractivity contribution is 5.80. The van der Waals surface area contributed by atoms with E-state index in [1.807, 2.05) is 24.3 Å². The highest BCUT2D eigenvalue weighted by Gasteiger charge is 2.29. The van der Waals surface area contributed by atoms with Crippen molar-refractivity contribution in [3.63, 3.8) is 0 Å². The number of ether oxygens (including phenoxy) is 1. The molecule has 2 aromatic carbocycles. The van der Waals surface area contributed by atoms with Gasteiger partial charge in [0.05, 0.1) is 5.92 Å². The standard InChI is InChI=1S/C26H32N2O5/c1-16(24(29)28-18(3)17(2)25(30)31)9-8-14-27-26(32)33-15-23-21-12-6-4-10-19(21)20-11-5-7-13-22(20)23/h4-7,10-13,16-18,23H,8-9,14-15H2,1-3H3,(H,27,32)(H,28,29)(H,30,31). The van der Waals surface area contributed by atoms with E-state index in [1.165, 1.54) is 11.1 Å². The van der Waals surface area contributed by atoms with E-state index in [2.05, 4.69) is 34.9 Å². The molecule has 1 aliphatic carbocycles. The van der Waals surface area contributed by atoms with Crippen LogP contribution in [0.15, 0.2) is 48.5 Å². The van der Waals surface area contributed by atoms with Gasteiger partial charge in [0.2, 0.25) is 5.91 Å². The summed E-state index contributed by atoms with van der Waals surface area (Å²) in [6.45, 7) is 5.70. The minimum Gasteiger partial charge on any atom is -0.481 e. The molecule has 0 fully saturated rings. The van der Waals surface area contributed by atoms with Crippen LogP contribution >= 0.6 is 0 Å². The van der Waals surface area contributed by atoms with Crippen molar-refractivity contribution in [2.45, 2.75) is 45.6 Å². The van der Waals surface area contributed by atoms with Crippen LogP contribution in [0.1, 0.15) is 50.7 Å². The van der Waals surface area contributed by atoms with Gasteiger partial charge in [-0.05, 0) is 48.9 Å². The van der Waals surface area contributed by atoms with Crippen molar-refractivity contribution in [3.05, 3.63) is 59.7 Å². The first-order chi connectivity index (χ1) is 15.8. The maximum Gasteiger partial charge on any atom is 0.407 e. The Morgan fingerprint density at radius 2 is 1.55 bits per heavy atom. The van der Waals surface area contributed by atoms with Crippen molar-refractivity contribution in [3.8, 4) is 11.1 Å². The maximum atomic E-state index is 12.2. The molecule has 7 nitrogen and oxygen atoms in total. The third-order valence-corrected chi connectivity index (χ3v) is 6.38. The number of rotatable bonds is 10. The average molecular weight is 453 g/mol. The normalized spacial score (nSPS) is 15.0. The molecular weight excluding hydrogens is 420 g/mol. The SMILES string of the molecule is CC(CCCNC(=O)OCC1c2ccccc2-c2ccccc21)C(=O)NC(C)C(C)C(=O)O. The van der Waals surface area contributed by atoms with Crippen molar-refractivity contribution in [1.82, 2.24) is 10.6 Å². The first kappa shape index (κ1) is 24.3. The van der Waals surface area contributed by atoms with E-state index in [-0.39, 0.29) is 24.3 Å². The van der Waals surface area contributed by atoms with E-state index < -0.39 is 24.0 Å². The molecule has 7 heteroatoms. The molecule has 0 aromatic heterocycles. The Hall–Kier alpha value is -3.35. The fourth-order valence-electron chi connectivity index (χ4n) is 4.08. The Morgan fingerprint density at radius 1 is 0.970 bits per heavy atom. The van der Waals surface area contributed by atoms with Gasteiger partial charge in [-0.15, -0.1) is 0 Å². The van der Waals surface area contributed by atoms with Gasteiger partial charge < -0.3 is 20.5 Å². The van der Waals surface area contributed by atoms with Crippen LogP contribution in [-0.4, -0.2) is 42.3 Å². The van der Waals surface area contributed by atoms with Crippen molar-refractivity contribution >= 4 is 18.0 Å². The molecule has 0 saturated heterocycles. The van der Waals surface area contributed by atoms with Crippen LogP contribution in [0.5, 0.6) is 0 Å². The minimum absolute atomic E-state index is 0.0158. The van der Waals surface area contributed by atoms with Gasteiger partial charge in [-0.1, -0.05) is 55.5 Å². The quantitative estimate of drug-likeness (QED) is 0.470. The van der Waals surface area contributed by atoms with Gasteiger partial charge in [0, 0.05) is 24.4 Å². The van der Waals surface area contributed by atoms with Crippen molar-refractivity contribution in [2.24, 2.45) is 11.8 Å². The molecule has 0 aliphatic heterocycles. The Labute approximate surface area is 194 Å². The number of fused-ring (bicyclic) bond motifs is 3. The molecule has 0 bridgehead atoms. The minimum atomic E-state index is -0.942. The van der Waals surface area contributed by atoms with Crippen LogP contribution in [0.3, 0.4) is 0 Å². The van der Waals surface area contributed by atoms with Gasteiger partial charge in [0.25, 0.3) is 0 Å². The summed E-state index contributed by atoms with van der Waals surface area (Å²) in [4.78, 5) is 35.5. The third-order valence-electron chi connectivity index (χ3n) is 6.38. The van der Waals surface area contributed by atoms with Crippen LogP contribution < -0.4 is 10.6 Å². The maximum absolute atomic E-state index is 12.2. The van der Waals surface area contributed by atoms with Gasteiger partial charge in [0.15, 0.2) is 0 Å². The fraction of sp³-hybridized carbons (Fsp3) is 0.423. The lowest BCUT2D eigenvalue weighted by Gasteiger charge is -2.20. The van der Waals surface area contributed by atoms with E-state index in [0.29, 0.717) is 19.4 Å². The van der Waals surface area contributed by atoms with Crippen molar-refractivity contribution in [1.29, 1.82) is 0 Å². The number of alkyl carbamates (subject to hydrolysis) is 1. The molecule has 0 saturated carbocycles. The largest absolute Gasteiger partial charge is 0.481 e. The number of carbonyl (C=O) groups is 3. The van der Waals surface area contributed by atoms with Crippen molar-refractivity contribution < 1.29 is 24.2 Å². The van der Waals surface area contributed by atoms with E-state index in [1.54, 1.807) is 20.8 Å². The summed E-state index contributed by atoms with van der Waals surface area (Å²) in [6, 6.07) is 15.9. The average Bonchev–Trinajstić information content (AvgIpc) is 3.13. The summed E-state index contributed by atoms with van der Waals surface area (Å²) in [7, 11) is 0. The number of carboxylic acids is 1.